The number of rotatable bonds is 9. The number of fused-ring (bicyclic) bond motifs is 1. The van der Waals surface area contributed by atoms with Crippen molar-refractivity contribution >= 4 is 50.6 Å². The highest BCUT2D eigenvalue weighted by molar-refractivity contribution is 7.99. The third kappa shape index (κ3) is 5.02. The minimum absolute atomic E-state index is 0.0747. The Morgan fingerprint density at radius 3 is 2.93 bits per heavy atom. The minimum atomic E-state index is -0.0802. The predicted octanol–water partition coefficient (Wildman–Crippen LogP) is 3.75. The number of thioether (sulfide) groups is 1. The van der Waals surface area contributed by atoms with Crippen LogP contribution in [0.5, 0.6) is 0 Å². The van der Waals surface area contributed by atoms with E-state index in [2.05, 4.69) is 10.3 Å². The highest BCUT2D eigenvalue weighted by Gasteiger charge is 2.16. The molecule has 9 heteroatoms. The molecule has 0 radical (unpaired) electrons. The van der Waals surface area contributed by atoms with Gasteiger partial charge in [0.25, 0.3) is 5.56 Å². The molecular weight excluding hydrogens is 414 g/mol. The largest absolute Gasteiger partial charge is 0.379 e. The number of amides is 1. The Bertz CT molecular complexity index is 993. The van der Waals surface area contributed by atoms with Crippen molar-refractivity contribution in [2.24, 2.45) is 7.05 Å². The van der Waals surface area contributed by atoms with Gasteiger partial charge in [0.05, 0.1) is 17.2 Å². The van der Waals surface area contributed by atoms with Crippen LogP contribution < -0.4 is 10.9 Å². The van der Waals surface area contributed by atoms with Crippen molar-refractivity contribution in [3.63, 3.8) is 0 Å². The van der Waals surface area contributed by atoms with E-state index in [9.17, 15) is 9.59 Å². The quantitative estimate of drug-likeness (QED) is 0.314. The lowest BCUT2D eigenvalue weighted by atomic mass is 10.2. The van der Waals surface area contributed by atoms with Gasteiger partial charge in [-0.05, 0) is 31.7 Å². The smallest absolute Gasteiger partial charge is 0.263 e. The van der Waals surface area contributed by atoms with Gasteiger partial charge in [-0.1, -0.05) is 17.8 Å². The lowest BCUT2D eigenvalue weighted by Gasteiger charge is -2.09. The molecule has 0 atom stereocenters. The molecule has 28 heavy (non-hydrogen) atoms. The molecule has 1 amide bonds. The lowest BCUT2D eigenvalue weighted by molar-refractivity contribution is -0.118. The summed E-state index contributed by atoms with van der Waals surface area (Å²) in [6, 6.07) is 3.98. The van der Waals surface area contributed by atoms with Crippen LogP contribution in [0, 0.1) is 0 Å². The number of aromatic nitrogens is 2. The zero-order chi connectivity index (χ0) is 20.1. The average Bonchev–Trinajstić information content (AvgIpc) is 3.32. The topological polar surface area (TPSA) is 73.2 Å². The van der Waals surface area contributed by atoms with E-state index in [1.165, 1.54) is 27.7 Å². The molecule has 3 aromatic heterocycles. The van der Waals surface area contributed by atoms with Crippen LogP contribution in [-0.4, -0.2) is 40.5 Å². The number of carbonyl (C=O) groups is 1. The second-order valence-corrected chi connectivity index (χ2v) is 9.23. The van der Waals surface area contributed by atoms with Crippen molar-refractivity contribution in [3.05, 3.63) is 33.2 Å². The Hall–Kier alpha value is -1.68. The molecule has 0 aliphatic rings. The molecule has 0 saturated carbocycles. The van der Waals surface area contributed by atoms with E-state index in [4.69, 9.17) is 4.74 Å². The SMILES string of the molecule is CC(C)OCCCNC(=O)CSc1nc2scc(-c3cccs3)c2c(=O)n1C. The maximum atomic E-state index is 12.9. The van der Waals surface area contributed by atoms with E-state index in [1.54, 1.807) is 18.4 Å². The highest BCUT2D eigenvalue weighted by Crippen LogP contribution is 2.34. The van der Waals surface area contributed by atoms with Crippen LogP contribution in [0.15, 0.2) is 32.8 Å². The van der Waals surface area contributed by atoms with E-state index in [0.29, 0.717) is 28.5 Å². The molecule has 0 bridgehead atoms. The summed E-state index contributed by atoms with van der Waals surface area (Å²) in [5, 5.41) is 8.04. The number of carbonyl (C=O) groups excluding carboxylic acids is 1. The molecule has 0 spiro atoms. The van der Waals surface area contributed by atoms with Crippen LogP contribution in [0.4, 0.5) is 0 Å². The molecule has 3 heterocycles. The molecule has 0 aliphatic heterocycles. The molecule has 150 valence electrons. The van der Waals surface area contributed by atoms with E-state index < -0.39 is 0 Å². The van der Waals surface area contributed by atoms with Crippen molar-refractivity contribution in [2.45, 2.75) is 31.5 Å². The first-order valence-electron chi connectivity index (χ1n) is 9.00. The Morgan fingerprint density at radius 2 is 2.21 bits per heavy atom. The Labute approximate surface area is 175 Å². The average molecular weight is 438 g/mol. The fraction of sp³-hybridized carbons (Fsp3) is 0.421. The molecule has 0 fully saturated rings. The van der Waals surface area contributed by atoms with Crippen LogP contribution in [0.3, 0.4) is 0 Å². The normalized spacial score (nSPS) is 11.4. The Balaban J connectivity index is 1.64. The maximum Gasteiger partial charge on any atom is 0.263 e. The van der Waals surface area contributed by atoms with Gasteiger partial charge >= 0.3 is 0 Å². The first-order valence-corrected chi connectivity index (χ1v) is 11.7. The summed E-state index contributed by atoms with van der Waals surface area (Å²) in [7, 11) is 1.70. The van der Waals surface area contributed by atoms with E-state index in [0.717, 1.165) is 16.9 Å². The number of hydrogen-bond donors (Lipinski definition) is 1. The fourth-order valence-electron chi connectivity index (χ4n) is 2.60. The first kappa shape index (κ1) is 21.0. The lowest BCUT2D eigenvalue weighted by Crippen LogP contribution is -2.28. The molecule has 0 aromatic carbocycles. The van der Waals surface area contributed by atoms with Gasteiger partial charge in [-0.25, -0.2) is 4.98 Å². The second-order valence-electron chi connectivity index (χ2n) is 6.48. The Morgan fingerprint density at radius 1 is 1.39 bits per heavy atom. The summed E-state index contributed by atoms with van der Waals surface area (Å²) in [6.07, 6.45) is 0.976. The van der Waals surface area contributed by atoms with Crippen molar-refractivity contribution in [2.75, 3.05) is 18.9 Å². The van der Waals surface area contributed by atoms with E-state index in [1.807, 2.05) is 36.7 Å². The Kier molecular flexibility index (Phi) is 7.28. The number of ether oxygens (including phenoxy) is 1. The van der Waals surface area contributed by atoms with E-state index >= 15 is 0 Å². The summed E-state index contributed by atoms with van der Waals surface area (Å²) in [4.78, 5) is 31.3. The van der Waals surface area contributed by atoms with Gasteiger partial charge in [0.2, 0.25) is 5.91 Å². The zero-order valence-corrected chi connectivity index (χ0v) is 18.5. The van der Waals surface area contributed by atoms with Crippen LogP contribution in [0.2, 0.25) is 0 Å². The third-order valence-corrected chi connectivity index (χ3v) is 6.79. The summed E-state index contributed by atoms with van der Waals surface area (Å²) in [5.74, 6) is 0.148. The molecule has 6 nitrogen and oxygen atoms in total. The number of nitrogens with zero attached hydrogens (tertiary/aromatic N) is 2. The maximum absolute atomic E-state index is 12.9. The van der Waals surface area contributed by atoms with Crippen LogP contribution in [-0.2, 0) is 16.6 Å². The van der Waals surface area contributed by atoms with Gasteiger partial charge < -0.3 is 10.1 Å². The molecule has 0 saturated heterocycles. The zero-order valence-electron chi connectivity index (χ0n) is 16.1. The van der Waals surface area contributed by atoms with Crippen molar-refractivity contribution in [1.29, 1.82) is 0 Å². The molecule has 1 N–H and O–H groups in total. The number of nitrogens with one attached hydrogen (secondary N) is 1. The summed E-state index contributed by atoms with van der Waals surface area (Å²) in [5.41, 5.74) is 0.851. The van der Waals surface area contributed by atoms with Crippen molar-refractivity contribution in [1.82, 2.24) is 14.9 Å². The standard InChI is InChI=1S/C19H23N3O3S3/c1-12(2)25-8-5-7-20-15(23)11-28-19-21-17-16(18(24)22(19)3)13(10-27-17)14-6-4-9-26-14/h4,6,9-10,12H,5,7-8,11H2,1-3H3,(H,20,23). The predicted molar refractivity (Wildman–Crippen MR) is 118 cm³/mol. The van der Waals surface area contributed by atoms with Gasteiger partial charge in [0.1, 0.15) is 4.83 Å². The first-order chi connectivity index (χ1) is 13.5. The van der Waals surface area contributed by atoms with Gasteiger partial charge in [-0.3, -0.25) is 14.2 Å². The summed E-state index contributed by atoms with van der Waals surface area (Å²) >= 11 is 4.34. The summed E-state index contributed by atoms with van der Waals surface area (Å²) < 4.78 is 6.98. The molecule has 0 unspecified atom stereocenters. The van der Waals surface area contributed by atoms with Crippen LogP contribution in [0.1, 0.15) is 20.3 Å². The highest BCUT2D eigenvalue weighted by atomic mass is 32.2. The third-order valence-electron chi connectivity index (χ3n) is 3.99. The van der Waals surface area contributed by atoms with Gasteiger partial charge in [0.15, 0.2) is 5.16 Å². The van der Waals surface area contributed by atoms with Crippen molar-refractivity contribution in [3.8, 4) is 10.4 Å². The van der Waals surface area contributed by atoms with Crippen molar-refractivity contribution < 1.29 is 9.53 Å². The van der Waals surface area contributed by atoms with Gasteiger partial charge in [-0.2, -0.15) is 0 Å². The number of hydrogen-bond acceptors (Lipinski definition) is 7. The van der Waals surface area contributed by atoms with Crippen LogP contribution in [0.25, 0.3) is 20.7 Å². The van der Waals surface area contributed by atoms with Gasteiger partial charge in [0, 0.05) is 36.0 Å². The summed E-state index contributed by atoms with van der Waals surface area (Å²) in [6.45, 7) is 5.18. The fourth-order valence-corrected chi connectivity index (χ4v) is 5.20. The van der Waals surface area contributed by atoms with Crippen LogP contribution >= 0.6 is 34.4 Å². The van der Waals surface area contributed by atoms with E-state index in [-0.39, 0.29) is 23.3 Å². The monoisotopic (exact) mass is 437 g/mol. The minimum Gasteiger partial charge on any atom is -0.379 e. The number of thiophene rings is 2. The molecule has 3 aromatic rings. The molecular formula is C19H23N3O3S3. The second kappa shape index (κ2) is 9.69. The van der Waals surface area contributed by atoms with Gasteiger partial charge in [-0.15, -0.1) is 22.7 Å². The molecule has 3 rings (SSSR count). The molecule has 0 aliphatic carbocycles.